The number of nitrogens with one attached hydrogen (secondary N) is 2. The summed E-state index contributed by atoms with van der Waals surface area (Å²) in [5, 5.41) is 8.64. The zero-order valence-electron chi connectivity index (χ0n) is 11.9. The van der Waals surface area contributed by atoms with Crippen LogP contribution < -0.4 is 10.3 Å². The van der Waals surface area contributed by atoms with Gasteiger partial charge in [0.25, 0.3) is 5.56 Å². The Morgan fingerprint density at radius 2 is 1.82 bits per heavy atom. The highest BCUT2D eigenvalue weighted by molar-refractivity contribution is 6.12. The van der Waals surface area contributed by atoms with Gasteiger partial charge in [0.05, 0.1) is 7.11 Å². The number of para-hydroxylation sites is 1. The van der Waals surface area contributed by atoms with Crippen molar-refractivity contribution >= 4 is 21.8 Å². The monoisotopic (exact) mass is 291 g/mol. The molecule has 0 atom stereocenters. The third-order valence-electron chi connectivity index (χ3n) is 3.80. The number of methoxy groups -OCH3 is 1. The molecule has 108 valence electrons. The van der Waals surface area contributed by atoms with Crippen molar-refractivity contribution in [3.8, 4) is 17.0 Å². The van der Waals surface area contributed by atoms with E-state index in [2.05, 4.69) is 15.2 Å². The number of hydrogen-bond acceptors (Lipinski definition) is 3. The fraction of sp³-hybridized carbons (Fsp3) is 0.0588. The van der Waals surface area contributed by atoms with Crippen LogP contribution in [0, 0.1) is 0 Å². The highest BCUT2D eigenvalue weighted by Crippen LogP contribution is 2.31. The number of H-pyrrole nitrogens is 2. The van der Waals surface area contributed by atoms with Crippen molar-refractivity contribution in [3.63, 3.8) is 0 Å². The average Bonchev–Trinajstić information content (AvgIpc) is 2.96. The Morgan fingerprint density at radius 1 is 1.05 bits per heavy atom. The van der Waals surface area contributed by atoms with E-state index in [0.717, 1.165) is 33.3 Å². The molecule has 0 unspecified atom stereocenters. The molecule has 4 aromatic rings. The van der Waals surface area contributed by atoms with Crippen molar-refractivity contribution in [1.82, 2.24) is 15.2 Å². The molecule has 2 heterocycles. The van der Waals surface area contributed by atoms with Crippen molar-refractivity contribution in [1.29, 1.82) is 0 Å². The van der Waals surface area contributed by atoms with Crippen LogP contribution in [0.3, 0.4) is 0 Å². The lowest BCUT2D eigenvalue weighted by molar-refractivity contribution is 0.415. The molecule has 0 spiro atoms. The molecule has 22 heavy (non-hydrogen) atoms. The molecule has 0 fully saturated rings. The van der Waals surface area contributed by atoms with Gasteiger partial charge < -0.3 is 9.72 Å². The van der Waals surface area contributed by atoms with Crippen LogP contribution >= 0.6 is 0 Å². The minimum absolute atomic E-state index is 0.219. The molecule has 0 aliphatic heterocycles. The van der Waals surface area contributed by atoms with Crippen LogP contribution in [-0.4, -0.2) is 22.3 Å². The van der Waals surface area contributed by atoms with Gasteiger partial charge in [0, 0.05) is 21.9 Å². The number of aromatic amines is 2. The Kier molecular flexibility index (Phi) is 2.72. The van der Waals surface area contributed by atoms with Gasteiger partial charge in [0.1, 0.15) is 17.0 Å². The number of rotatable bonds is 2. The second-order valence-corrected chi connectivity index (χ2v) is 5.05. The van der Waals surface area contributed by atoms with Gasteiger partial charge in [-0.3, -0.25) is 4.79 Å². The third-order valence-corrected chi connectivity index (χ3v) is 3.80. The number of hydrogen-bond donors (Lipinski definition) is 2. The average molecular weight is 291 g/mol. The van der Waals surface area contributed by atoms with E-state index in [1.165, 1.54) is 0 Å². The van der Waals surface area contributed by atoms with Gasteiger partial charge in [0.15, 0.2) is 0 Å². The van der Waals surface area contributed by atoms with Crippen LogP contribution in [0.1, 0.15) is 0 Å². The van der Waals surface area contributed by atoms with Crippen molar-refractivity contribution in [2.45, 2.75) is 0 Å². The summed E-state index contributed by atoms with van der Waals surface area (Å²) in [5.41, 5.74) is 2.91. The molecule has 2 aromatic heterocycles. The maximum atomic E-state index is 12.1. The lowest BCUT2D eigenvalue weighted by atomic mass is 10.1. The molecule has 5 nitrogen and oxygen atoms in total. The minimum Gasteiger partial charge on any atom is -0.497 e. The normalized spacial score (nSPS) is 11.1. The quantitative estimate of drug-likeness (QED) is 0.596. The second kappa shape index (κ2) is 4.73. The van der Waals surface area contributed by atoms with Gasteiger partial charge in [-0.25, -0.2) is 5.10 Å². The molecular weight excluding hydrogens is 278 g/mol. The van der Waals surface area contributed by atoms with Crippen molar-refractivity contribution in [2.75, 3.05) is 7.11 Å². The van der Waals surface area contributed by atoms with E-state index in [9.17, 15) is 4.79 Å². The zero-order chi connectivity index (χ0) is 15.1. The summed E-state index contributed by atoms with van der Waals surface area (Å²) in [5.74, 6) is 0.781. The molecule has 0 saturated carbocycles. The number of nitrogens with zero attached hydrogens (tertiary/aromatic N) is 1. The molecule has 2 N–H and O–H groups in total. The van der Waals surface area contributed by atoms with Crippen LogP contribution in [-0.2, 0) is 0 Å². The van der Waals surface area contributed by atoms with Gasteiger partial charge >= 0.3 is 0 Å². The smallest absolute Gasteiger partial charge is 0.288 e. The summed E-state index contributed by atoms with van der Waals surface area (Å²) >= 11 is 0. The Balaban J connectivity index is 2.08. The maximum absolute atomic E-state index is 12.1. The first kappa shape index (κ1) is 12.6. The summed E-state index contributed by atoms with van der Waals surface area (Å²) in [6, 6.07) is 15.4. The topological polar surface area (TPSA) is 70.8 Å². The Hall–Kier alpha value is -3.08. The van der Waals surface area contributed by atoms with E-state index in [4.69, 9.17) is 4.74 Å². The SMILES string of the molecule is COc1ccc(-c2n[nH]c(=O)c3[nH]c4ccccc4c23)cc1. The minimum atomic E-state index is -0.219. The molecule has 2 aromatic carbocycles. The summed E-state index contributed by atoms with van der Waals surface area (Å²) in [6.07, 6.45) is 0. The first-order chi connectivity index (χ1) is 10.8. The fourth-order valence-corrected chi connectivity index (χ4v) is 2.73. The number of aromatic nitrogens is 3. The maximum Gasteiger partial charge on any atom is 0.288 e. The van der Waals surface area contributed by atoms with Gasteiger partial charge in [-0.05, 0) is 30.3 Å². The molecule has 0 aliphatic rings. The first-order valence-corrected chi connectivity index (χ1v) is 6.91. The van der Waals surface area contributed by atoms with Crippen molar-refractivity contribution < 1.29 is 4.74 Å². The predicted octanol–water partition coefficient (Wildman–Crippen LogP) is 3.08. The van der Waals surface area contributed by atoms with E-state index < -0.39 is 0 Å². The van der Waals surface area contributed by atoms with Gasteiger partial charge in [0.2, 0.25) is 0 Å². The van der Waals surface area contributed by atoms with Crippen LogP contribution in [0.25, 0.3) is 33.1 Å². The Morgan fingerprint density at radius 3 is 2.59 bits per heavy atom. The highest BCUT2D eigenvalue weighted by atomic mass is 16.5. The van der Waals surface area contributed by atoms with E-state index in [1.807, 2.05) is 48.5 Å². The molecular formula is C17H13N3O2. The van der Waals surface area contributed by atoms with Gasteiger partial charge in [-0.2, -0.15) is 5.10 Å². The summed E-state index contributed by atoms with van der Waals surface area (Å²) < 4.78 is 5.18. The lowest BCUT2D eigenvalue weighted by Crippen LogP contribution is -2.09. The van der Waals surface area contributed by atoms with Crippen LogP contribution in [0.2, 0.25) is 0 Å². The van der Waals surface area contributed by atoms with Crippen LogP contribution in [0.15, 0.2) is 53.3 Å². The molecule has 4 rings (SSSR count). The highest BCUT2D eigenvalue weighted by Gasteiger charge is 2.14. The molecule has 0 saturated heterocycles. The number of fused-ring (bicyclic) bond motifs is 3. The number of ether oxygens (including phenoxy) is 1. The second-order valence-electron chi connectivity index (χ2n) is 5.05. The van der Waals surface area contributed by atoms with E-state index in [0.29, 0.717) is 5.52 Å². The van der Waals surface area contributed by atoms with Crippen LogP contribution in [0.4, 0.5) is 0 Å². The lowest BCUT2D eigenvalue weighted by Gasteiger charge is -2.04. The van der Waals surface area contributed by atoms with Crippen molar-refractivity contribution in [2.24, 2.45) is 0 Å². The molecule has 5 heteroatoms. The zero-order valence-corrected chi connectivity index (χ0v) is 11.9. The molecule has 0 radical (unpaired) electrons. The fourth-order valence-electron chi connectivity index (χ4n) is 2.73. The largest absolute Gasteiger partial charge is 0.497 e. The summed E-state index contributed by atoms with van der Waals surface area (Å²) in [4.78, 5) is 15.2. The van der Waals surface area contributed by atoms with E-state index in [-0.39, 0.29) is 5.56 Å². The molecule has 0 bridgehead atoms. The first-order valence-electron chi connectivity index (χ1n) is 6.91. The Labute approximate surface area is 125 Å². The van der Waals surface area contributed by atoms with Crippen molar-refractivity contribution in [3.05, 3.63) is 58.9 Å². The summed E-state index contributed by atoms with van der Waals surface area (Å²) in [6.45, 7) is 0. The molecule has 0 amide bonds. The van der Waals surface area contributed by atoms with E-state index in [1.54, 1.807) is 7.11 Å². The Bertz CT molecular complexity index is 1030. The third kappa shape index (κ3) is 1.79. The molecule has 0 aliphatic carbocycles. The van der Waals surface area contributed by atoms with Gasteiger partial charge in [-0.15, -0.1) is 0 Å². The van der Waals surface area contributed by atoms with Crippen LogP contribution in [0.5, 0.6) is 5.75 Å². The summed E-state index contributed by atoms with van der Waals surface area (Å²) in [7, 11) is 1.63. The standard InChI is InChI=1S/C17H13N3O2/c1-22-11-8-6-10(7-9-11)15-14-12-4-2-3-5-13(12)18-16(14)17(21)20-19-15/h2-9,18H,1H3,(H,20,21). The predicted molar refractivity (Wildman–Crippen MR) is 86.2 cm³/mol. The van der Waals surface area contributed by atoms with E-state index >= 15 is 0 Å². The number of benzene rings is 2. The van der Waals surface area contributed by atoms with Gasteiger partial charge in [-0.1, -0.05) is 18.2 Å².